The summed E-state index contributed by atoms with van der Waals surface area (Å²) in [5.74, 6) is 1.78. The van der Waals surface area contributed by atoms with Crippen LogP contribution in [0.5, 0.6) is 0 Å². The van der Waals surface area contributed by atoms with Crippen molar-refractivity contribution in [1.29, 1.82) is 0 Å². The third kappa shape index (κ3) is 5.99. The minimum atomic E-state index is -0.346. The third-order valence-corrected chi connectivity index (χ3v) is 8.64. The van der Waals surface area contributed by atoms with E-state index in [0.29, 0.717) is 18.1 Å². The van der Waals surface area contributed by atoms with E-state index in [-0.39, 0.29) is 30.3 Å². The average Bonchev–Trinajstić information content (AvgIpc) is 3.29. The summed E-state index contributed by atoms with van der Waals surface area (Å²) in [5.41, 5.74) is -0.346. The largest absolute Gasteiger partial charge is 0.394 e. The summed E-state index contributed by atoms with van der Waals surface area (Å²) in [4.78, 5) is 12.8. The first-order valence-corrected chi connectivity index (χ1v) is 12.8. The van der Waals surface area contributed by atoms with Gasteiger partial charge in [-0.05, 0) is 76.0 Å². The highest BCUT2D eigenvalue weighted by Crippen LogP contribution is 2.33. The van der Waals surface area contributed by atoms with Crippen LogP contribution in [0.1, 0.15) is 77.0 Å². The molecule has 0 unspecified atom stereocenters. The number of nitrogens with one attached hydrogen (secondary N) is 4. The second kappa shape index (κ2) is 10.9. The molecule has 4 rings (SSSR count). The van der Waals surface area contributed by atoms with Gasteiger partial charge in [0.1, 0.15) is 6.29 Å². The van der Waals surface area contributed by atoms with Crippen LogP contribution in [0.3, 0.4) is 0 Å². The van der Waals surface area contributed by atoms with Gasteiger partial charge in [-0.3, -0.25) is 20.7 Å². The summed E-state index contributed by atoms with van der Waals surface area (Å²) in [6.07, 6.45) is 13.6. The van der Waals surface area contributed by atoms with E-state index in [9.17, 15) is 9.90 Å². The maximum absolute atomic E-state index is 12.8. The van der Waals surface area contributed by atoms with Gasteiger partial charge in [0.25, 0.3) is 0 Å². The molecule has 0 radical (unpaired) electrons. The zero-order valence-corrected chi connectivity index (χ0v) is 19.3. The lowest BCUT2D eigenvalue weighted by Gasteiger charge is -2.40. The molecule has 4 fully saturated rings. The standard InChI is InChI=1S/C24H44N4O3/c1-31-21-10-6-17(7-11-21)19-14-25-23(26-15-19)27-20-8-4-18(5-9-20)22(30)28-24(16-29)12-2-3-13-24/h17-21,23,25-27,29H,2-16H2,1H3,(H,28,30). The smallest absolute Gasteiger partial charge is 0.223 e. The summed E-state index contributed by atoms with van der Waals surface area (Å²) in [6, 6.07) is 0.459. The zero-order valence-electron chi connectivity index (χ0n) is 19.3. The van der Waals surface area contributed by atoms with Gasteiger partial charge in [0.05, 0.1) is 18.2 Å². The van der Waals surface area contributed by atoms with Crippen molar-refractivity contribution in [2.75, 3.05) is 26.8 Å². The van der Waals surface area contributed by atoms with Crippen LogP contribution in [0.4, 0.5) is 0 Å². The van der Waals surface area contributed by atoms with Crippen LogP contribution in [0.15, 0.2) is 0 Å². The molecular weight excluding hydrogens is 392 g/mol. The van der Waals surface area contributed by atoms with Crippen LogP contribution >= 0.6 is 0 Å². The summed E-state index contributed by atoms with van der Waals surface area (Å²) in [7, 11) is 1.84. The molecule has 7 nitrogen and oxygen atoms in total. The molecule has 3 aliphatic carbocycles. The lowest BCUT2D eigenvalue weighted by molar-refractivity contribution is -0.128. The van der Waals surface area contributed by atoms with Gasteiger partial charge in [0.15, 0.2) is 0 Å². The molecule has 31 heavy (non-hydrogen) atoms. The molecule has 5 N–H and O–H groups in total. The molecule has 0 spiro atoms. The van der Waals surface area contributed by atoms with Crippen LogP contribution in [0, 0.1) is 17.8 Å². The van der Waals surface area contributed by atoms with Crippen molar-refractivity contribution in [1.82, 2.24) is 21.3 Å². The molecule has 0 aromatic carbocycles. The summed E-state index contributed by atoms with van der Waals surface area (Å²) < 4.78 is 5.52. The van der Waals surface area contributed by atoms with Crippen LogP contribution in [0.25, 0.3) is 0 Å². The first-order chi connectivity index (χ1) is 15.1. The molecular formula is C24H44N4O3. The Morgan fingerprint density at radius 3 is 2.19 bits per heavy atom. The Kier molecular flexibility index (Phi) is 8.26. The van der Waals surface area contributed by atoms with Crippen molar-refractivity contribution in [3.8, 4) is 0 Å². The first kappa shape index (κ1) is 23.4. The first-order valence-electron chi connectivity index (χ1n) is 12.8. The average molecular weight is 437 g/mol. The number of carbonyl (C=O) groups is 1. The summed E-state index contributed by atoms with van der Waals surface area (Å²) in [5, 5.41) is 24.1. The zero-order chi connectivity index (χ0) is 21.7. The fourth-order valence-electron chi connectivity index (χ4n) is 6.43. The predicted octanol–water partition coefficient (Wildman–Crippen LogP) is 1.85. The minimum Gasteiger partial charge on any atom is -0.394 e. The molecule has 1 heterocycles. The Bertz CT molecular complexity index is 559. The summed E-state index contributed by atoms with van der Waals surface area (Å²) >= 11 is 0. The van der Waals surface area contributed by atoms with Gasteiger partial charge in [-0.15, -0.1) is 0 Å². The Labute approximate surface area is 187 Å². The number of aliphatic hydroxyl groups is 1. The number of ether oxygens (including phenoxy) is 1. The molecule has 0 aromatic rings. The van der Waals surface area contributed by atoms with E-state index >= 15 is 0 Å². The number of amides is 1. The van der Waals surface area contributed by atoms with E-state index in [4.69, 9.17) is 4.74 Å². The van der Waals surface area contributed by atoms with Crippen molar-refractivity contribution in [2.24, 2.45) is 17.8 Å². The predicted molar refractivity (Wildman–Crippen MR) is 121 cm³/mol. The molecule has 1 amide bonds. The summed E-state index contributed by atoms with van der Waals surface area (Å²) in [6.45, 7) is 2.23. The minimum absolute atomic E-state index is 0.0729. The van der Waals surface area contributed by atoms with Gasteiger partial charge in [0.2, 0.25) is 5.91 Å². The number of rotatable bonds is 7. The van der Waals surface area contributed by atoms with Crippen molar-refractivity contribution in [2.45, 2.75) is 101 Å². The van der Waals surface area contributed by atoms with E-state index in [1.54, 1.807) is 0 Å². The quantitative estimate of drug-likeness (QED) is 0.418. The Morgan fingerprint density at radius 1 is 0.968 bits per heavy atom. The van der Waals surface area contributed by atoms with E-state index in [1.807, 2.05) is 7.11 Å². The number of methoxy groups -OCH3 is 1. The number of carbonyl (C=O) groups excluding carboxylic acids is 1. The molecule has 1 saturated heterocycles. The lowest BCUT2D eigenvalue weighted by Crippen LogP contribution is -2.63. The molecule has 0 bridgehead atoms. The van der Waals surface area contributed by atoms with Gasteiger partial charge >= 0.3 is 0 Å². The van der Waals surface area contributed by atoms with E-state index in [0.717, 1.165) is 70.4 Å². The van der Waals surface area contributed by atoms with Gasteiger partial charge in [0, 0.05) is 32.2 Å². The second-order valence-corrected chi connectivity index (χ2v) is 10.6. The molecule has 1 aliphatic heterocycles. The number of hydrogen-bond acceptors (Lipinski definition) is 6. The SMILES string of the molecule is COC1CCC(C2CNC(NC3CCC(C(=O)NC4(CO)CCCC4)CC3)NC2)CC1. The fourth-order valence-corrected chi connectivity index (χ4v) is 6.43. The van der Waals surface area contributed by atoms with Gasteiger partial charge in [-0.25, -0.2) is 0 Å². The van der Waals surface area contributed by atoms with Crippen molar-refractivity contribution < 1.29 is 14.6 Å². The van der Waals surface area contributed by atoms with E-state index < -0.39 is 0 Å². The van der Waals surface area contributed by atoms with Crippen LogP contribution in [-0.2, 0) is 9.53 Å². The molecule has 3 saturated carbocycles. The Balaban J connectivity index is 1.14. The molecule has 0 aromatic heterocycles. The highest BCUT2D eigenvalue weighted by molar-refractivity contribution is 5.79. The molecule has 178 valence electrons. The lowest BCUT2D eigenvalue weighted by atomic mass is 9.78. The molecule has 0 atom stereocenters. The number of aliphatic hydroxyl groups excluding tert-OH is 1. The van der Waals surface area contributed by atoms with Gasteiger partial charge < -0.3 is 15.2 Å². The topological polar surface area (TPSA) is 94.7 Å². The maximum Gasteiger partial charge on any atom is 0.223 e. The van der Waals surface area contributed by atoms with Crippen molar-refractivity contribution in [3.05, 3.63) is 0 Å². The van der Waals surface area contributed by atoms with E-state index in [2.05, 4.69) is 21.3 Å². The molecule has 4 aliphatic rings. The van der Waals surface area contributed by atoms with Crippen molar-refractivity contribution >= 4 is 5.91 Å². The monoisotopic (exact) mass is 436 g/mol. The Morgan fingerprint density at radius 2 is 1.61 bits per heavy atom. The normalized spacial score (nSPS) is 38.6. The van der Waals surface area contributed by atoms with E-state index in [1.165, 1.54) is 25.7 Å². The van der Waals surface area contributed by atoms with Gasteiger partial charge in [-0.2, -0.15) is 0 Å². The van der Waals surface area contributed by atoms with Crippen LogP contribution in [0.2, 0.25) is 0 Å². The Hall–Kier alpha value is -0.730. The van der Waals surface area contributed by atoms with Gasteiger partial charge in [-0.1, -0.05) is 12.8 Å². The maximum atomic E-state index is 12.8. The number of hydrogen-bond donors (Lipinski definition) is 5. The fraction of sp³-hybridized carbons (Fsp3) is 0.958. The second-order valence-electron chi connectivity index (χ2n) is 10.6. The highest BCUT2D eigenvalue weighted by Gasteiger charge is 2.37. The van der Waals surface area contributed by atoms with Crippen LogP contribution in [-0.4, -0.2) is 61.8 Å². The van der Waals surface area contributed by atoms with Crippen LogP contribution < -0.4 is 21.3 Å². The highest BCUT2D eigenvalue weighted by atomic mass is 16.5. The molecule has 7 heteroatoms. The van der Waals surface area contributed by atoms with Crippen molar-refractivity contribution in [3.63, 3.8) is 0 Å². The third-order valence-electron chi connectivity index (χ3n) is 8.64.